The highest BCUT2D eigenvalue weighted by atomic mass is 35.5. The lowest BCUT2D eigenvalue weighted by molar-refractivity contribution is -0.114. The number of aryl methyl sites for hydroxylation is 3. The van der Waals surface area contributed by atoms with Crippen molar-refractivity contribution in [3.63, 3.8) is 0 Å². The number of benzene rings is 3. The van der Waals surface area contributed by atoms with Gasteiger partial charge in [0.2, 0.25) is 5.91 Å². The van der Waals surface area contributed by atoms with Gasteiger partial charge in [-0.05, 0) is 74.4 Å². The largest absolute Gasteiger partial charge is 0.324 e. The van der Waals surface area contributed by atoms with Gasteiger partial charge in [0.05, 0.1) is 10.6 Å². The van der Waals surface area contributed by atoms with Gasteiger partial charge in [-0.3, -0.25) is 9.10 Å². The van der Waals surface area contributed by atoms with Crippen LogP contribution in [0.3, 0.4) is 0 Å². The van der Waals surface area contributed by atoms with Crippen molar-refractivity contribution in [3.8, 4) is 0 Å². The normalized spacial score (nSPS) is 11.3. The zero-order chi connectivity index (χ0) is 22.8. The zero-order valence-corrected chi connectivity index (χ0v) is 19.6. The van der Waals surface area contributed by atoms with Crippen LogP contribution in [0.2, 0.25) is 10.0 Å². The maximum absolute atomic E-state index is 13.4. The zero-order valence-electron chi connectivity index (χ0n) is 17.3. The van der Waals surface area contributed by atoms with Gasteiger partial charge in [-0.1, -0.05) is 47.0 Å². The van der Waals surface area contributed by atoms with E-state index in [1.807, 2.05) is 26.8 Å². The van der Waals surface area contributed by atoms with Crippen molar-refractivity contribution in [2.24, 2.45) is 0 Å². The Hall–Kier alpha value is -2.54. The van der Waals surface area contributed by atoms with Crippen LogP contribution in [-0.4, -0.2) is 20.9 Å². The number of rotatable bonds is 6. The van der Waals surface area contributed by atoms with Crippen LogP contribution < -0.4 is 9.62 Å². The van der Waals surface area contributed by atoms with E-state index in [2.05, 4.69) is 5.32 Å². The summed E-state index contributed by atoms with van der Waals surface area (Å²) in [4.78, 5) is 12.9. The van der Waals surface area contributed by atoms with Crippen LogP contribution in [-0.2, 0) is 14.8 Å². The first-order chi connectivity index (χ1) is 14.6. The van der Waals surface area contributed by atoms with Crippen molar-refractivity contribution in [1.82, 2.24) is 0 Å². The van der Waals surface area contributed by atoms with Gasteiger partial charge >= 0.3 is 0 Å². The van der Waals surface area contributed by atoms with Crippen molar-refractivity contribution in [2.75, 3.05) is 16.2 Å². The van der Waals surface area contributed by atoms with Crippen LogP contribution in [0.4, 0.5) is 11.4 Å². The Bertz CT molecular complexity index is 1210. The molecule has 0 aliphatic heterocycles. The lowest BCUT2D eigenvalue weighted by atomic mass is 10.1. The molecule has 0 heterocycles. The van der Waals surface area contributed by atoms with Gasteiger partial charge < -0.3 is 5.32 Å². The molecule has 8 heteroatoms. The van der Waals surface area contributed by atoms with Gasteiger partial charge in [0.15, 0.2) is 0 Å². The molecule has 31 heavy (non-hydrogen) atoms. The quantitative estimate of drug-likeness (QED) is 0.492. The molecule has 162 valence electrons. The Labute approximate surface area is 192 Å². The van der Waals surface area contributed by atoms with Crippen LogP contribution in [0, 0.1) is 20.8 Å². The number of hydrogen-bond donors (Lipinski definition) is 1. The first kappa shape index (κ1) is 23.1. The van der Waals surface area contributed by atoms with Gasteiger partial charge in [0.25, 0.3) is 10.0 Å². The van der Waals surface area contributed by atoms with E-state index in [1.165, 1.54) is 12.1 Å². The van der Waals surface area contributed by atoms with E-state index in [4.69, 9.17) is 23.2 Å². The molecule has 0 aromatic heterocycles. The highest BCUT2D eigenvalue weighted by molar-refractivity contribution is 7.92. The minimum Gasteiger partial charge on any atom is -0.324 e. The Morgan fingerprint density at radius 3 is 2.06 bits per heavy atom. The number of halogens is 2. The lowest BCUT2D eigenvalue weighted by Gasteiger charge is -2.25. The standard InChI is InChI=1S/C23H22Cl2N2O3S/c1-15-4-8-22(9-5-15)31(29,30)27(21-7-6-16(2)17(3)10-21)14-23(28)26-20-12-18(24)11-19(25)13-20/h4-13H,14H2,1-3H3,(H,26,28). The molecule has 0 saturated carbocycles. The molecule has 0 aliphatic carbocycles. The van der Waals surface area contributed by atoms with Gasteiger partial charge in [-0.2, -0.15) is 0 Å². The third-order valence-electron chi connectivity index (χ3n) is 4.82. The molecule has 0 fully saturated rings. The molecule has 3 aromatic carbocycles. The fourth-order valence-corrected chi connectivity index (χ4v) is 4.93. The van der Waals surface area contributed by atoms with E-state index in [0.29, 0.717) is 21.4 Å². The van der Waals surface area contributed by atoms with Crippen molar-refractivity contribution >= 4 is 50.5 Å². The van der Waals surface area contributed by atoms with E-state index in [-0.39, 0.29) is 4.90 Å². The lowest BCUT2D eigenvalue weighted by Crippen LogP contribution is -2.38. The average Bonchev–Trinajstić information content (AvgIpc) is 2.68. The summed E-state index contributed by atoms with van der Waals surface area (Å²) in [6.07, 6.45) is 0. The molecule has 3 rings (SSSR count). The van der Waals surface area contributed by atoms with E-state index < -0.39 is 22.5 Å². The number of carbonyl (C=O) groups is 1. The van der Waals surface area contributed by atoms with Gasteiger partial charge in [0.1, 0.15) is 6.54 Å². The second kappa shape index (κ2) is 9.30. The Morgan fingerprint density at radius 2 is 1.48 bits per heavy atom. The van der Waals surface area contributed by atoms with E-state index >= 15 is 0 Å². The van der Waals surface area contributed by atoms with Crippen molar-refractivity contribution in [1.29, 1.82) is 0 Å². The van der Waals surface area contributed by atoms with Crippen LogP contribution in [0.25, 0.3) is 0 Å². The molecule has 0 aliphatic rings. The second-order valence-corrected chi connectivity index (χ2v) is 10.0. The number of hydrogen-bond acceptors (Lipinski definition) is 3. The average molecular weight is 477 g/mol. The summed E-state index contributed by atoms with van der Waals surface area (Å²) in [6.45, 7) is 5.29. The van der Waals surface area contributed by atoms with Gasteiger partial charge in [-0.15, -0.1) is 0 Å². The molecule has 0 radical (unpaired) electrons. The first-order valence-electron chi connectivity index (χ1n) is 9.49. The number of amides is 1. The fourth-order valence-electron chi connectivity index (χ4n) is 2.99. The Balaban J connectivity index is 1.98. The Kier molecular flexibility index (Phi) is 6.94. The smallest absolute Gasteiger partial charge is 0.264 e. The summed E-state index contributed by atoms with van der Waals surface area (Å²) in [6, 6.07) is 16.4. The van der Waals surface area contributed by atoms with E-state index in [0.717, 1.165) is 21.0 Å². The molecule has 3 aromatic rings. The fraction of sp³-hybridized carbons (Fsp3) is 0.174. The molecule has 1 N–H and O–H groups in total. The van der Waals surface area contributed by atoms with Crippen molar-refractivity contribution < 1.29 is 13.2 Å². The molecular formula is C23H22Cl2N2O3S. The van der Waals surface area contributed by atoms with Crippen molar-refractivity contribution in [3.05, 3.63) is 87.4 Å². The molecule has 0 atom stereocenters. The minimum atomic E-state index is -3.98. The SMILES string of the molecule is Cc1ccc(S(=O)(=O)N(CC(=O)Nc2cc(Cl)cc(Cl)c2)c2ccc(C)c(C)c2)cc1. The molecule has 1 amide bonds. The van der Waals surface area contributed by atoms with Crippen molar-refractivity contribution in [2.45, 2.75) is 25.7 Å². The number of carbonyl (C=O) groups excluding carboxylic acids is 1. The maximum atomic E-state index is 13.4. The summed E-state index contributed by atoms with van der Waals surface area (Å²) in [5.74, 6) is -0.521. The monoisotopic (exact) mass is 476 g/mol. The van der Waals surface area contributed by atoms with Crippen LogP contribution in [0.1, 0.15) is 16.7 Å². The highest BCUT2D eigenvalue weighted by Gasteiger charge is 2.27. The highest BCUT2D eigenvalue weighted by Crippen LogP contribution is 2.27. The molecule has 0 saturated heterocycles. The summed E-state index contributed by atoms with van der Waals surface area (Å²) < 4.78 is 28.0. The van der Waals surface area contributed by atoms with E-state index in [1.54, 1.807) is 42.5 Å². The molecule has 0 unspecified atom stereocenters. The van der Waals surface area contributed by atoms with Gasteiger partial charge in [0, 0.05) is 15.7 Å². The molecule has 5 nitrogen and oxygen atoms in total. The molecule has 0 spiro atoms. The van der Waals surface area contributed by atoms with Crippen LogP contribution >= 0.6 is 23.2 Å². The predicted octanol–water partition coefficient (Wildman–Crippen LogP) is 5.75. The summed E-state index contributed by atoms with van der Waals surface area (Å²) >= 11 is 12.0. The van der Waals surface area contributed by atoms with E-state index in [9.17, 15) is 13.2 Å². The first-order valence-corrected chi connectivity index (χ1v) is 11.7. The van der Waals surface area contributed by atoms with Gasteiger partial charge in [-0.25, -0.2) is 8.42 Å². The number of nitrogens with zero attached hydrogens (tertiary/aromatic N) is 1. The predicted molar refractivity (Wildman–Crippen MR) is 127 cm³/mol. The topological polar surface area (TPSA) is 66.5 Å². The maximum Gasteiger partial charge on any atom is 0.264 e. The number of nitrogens with one attached hydrogen (secondary N) is 1. The second-order valence-electron chi connectivity index (χ2n) is 7.30. The summed E-state index contributed by atoms with van der Waals surface area (Å²) in [5.41, 5.74) is 3.67. The molecule has 0 bridgehead atoms. The number of sulfonamides is 1. The molecular weight excluding hydrogens is 455 g/mol. The minimum absolute atomic E-state index is 0.106. The third kappa shape index (κ3) is 5.58. The number of anilines is 2. The van der Waals surface area contributed by atoms with Crippen LogP contribution in [0.5, 0.6) is 0 Å². The Morgan fingerprint density at radius 1 is 0.871 bits per heavy atom. The van der Waals surface area contributed by atoms with Crippen LogP contribution in [0.15, 0.2) is 65.6 Å². The summed E-state index contributed by atoms with van der Waals surface area (Å²) in [7, 11) is -3.98. The summed E-state index contributed by atoms with van der Waals surface area (Å²) in [5, 5.41) is 3.39. The third-order valence-corrected chi connectivity index (χ3v) is 7.05.